The average Bonchev–Trinajstić information content (AvgIpc) is 2.50. The van der Waals surface area contributed by atoms with Crippen LogP contribution in [-0.4, -0.2) is 21.3 Å². The first kappa shape index (κ1) is 15.8. The fourth-order valence-corrected chi connectivity index (χ4v) is 2.78. The van der Waals surface area contributed by atoms with Gasteiger partial charge in [0, 0.05) is 11.1 Å². The summed E-state index contributed by atoms with van der Waals surface area (Å²) in [6, 6.07) is 10.0. The van der Waals surface area contributed by atoms with Crippen LogP contribution >= 0.6 is 15.9 Å². The molecule has 1 unspecified atom stereocenters. The van der Waals surface area contributed by atoms with Crippen molar-refractivity contribution in [3.8, 4) is 11.5 Å². The van der Waals surface area contributed by atoms with Gasteiger partial charge in [-0.2, -0.15) is 0 Å². The molecule has 3 nitrogen and oxygen atoms in total. The molecule has 0 radical (unpaired) electrons. The third kappa shape index (κ3) is 3.19. The van der Waals surface area contributed by atoms with Crippen molar-refractivity contribution in [1.29, 1.82) is 0 Å². The summed E-state index contributed by atoms with van der Waals surface area (Å²) in [6.45, 7) is 0. The molecule has 2 rings (SSSR count). The van der Waals surface area contributed by atoms with Crippen LogP contribution in [0.25, 0.3) is 0 Å². The van der Waals surface area contributed by atoms with E-state index in [1.54, 1.807) is 33.4 Å². The molecule has 21 heavy (non-hydrogen) atoms. The highest BCUT2D eigenvalue weighted by Crippen LogP contribution is 2.38. The van der Waals surface area contributed by atoms with Crippen LogP contribution in [0.1, 0.15) is 17.2 Å². The summed E-state index contributed by atoms with van der Waals surface area (Å²) in [7, 11) is 4.96. The van der Waals surface area contributed by atoms with Gasteiger partial charge in [-0.3, -0.25) is 0 Å². The number of nitrogens with one attached hydrogen (secondary N) is 1. The maximum absolute atomic E-state index is 14.1. The summed E-state index contributed by atoms with van der Waals surface area (Å²) in [5, 5.41) is 3.13. The van der Waals surface area contributed by atoms with E-state index in [1.165, 1.54) is 6.07 Å². The fourth-order valence-electron chi connectivity index (χ4n) is 2.30. The van der Waals surface area contributed by atoms with Gasteiger partial charge in [0.15, 0.2) is 0 Å². The van der Waals surface area contributed by atoms with Gasteiger partial charge >= 0.3 is 0 Å². The van der Waals surface area contributed by atoms with Crippen LogP contribution in [0.4, 0.5) is 4.39 Å². The van der Waals surface area contributed by atoms with Crippen LogP contribution in [0.15, 0.2) is 40.9 Å². The van der Waals surface area contributed by atoms with Gasteiger partial charge in [-0.15, -0.1) is 0 Å². The Bertz CT molecular complexity index is 634. The molecular weight excluding hydrogens is 337 g/mol. The second kappa shape index (κ2) is 6.91. The lowest BCUT2D eigenvalue weighted by atomic mass is 9.97. The first-order valence-corrected chi connectivity index (χ1v) is 7.24. The van der Waals surface area contributed by atoms with Gasteiger partial charge in [0.25, 0.3) is 0 Å². The Morgan fingerprint density at radius 3 is 2.29 bits per heavy atom. The summed E-state index contributed by atoms with van der Waals surface area (Å²) in [4.78, 5) is 0. The molecule has 0 aliphatic rings. The lowest BCUT2D eigenvalue weighted by Crippen LogP contribution is -2.19. The average molecular weight is 354 g/mol. The largest absolute Gasteiger partial charge is 0.496 e. The maximum atomic E-state index is 14.1. The molecule has 0 aliphatic heterocycles. The zero-order valence-corrected chi connectivity index (χ0v) is 13.7. The zero-order chi connectivity index (χ0) is 15.4. The molecule has 1 N–H and O–H groups in total. The van der Waals surface area contributed by atoms with E-state index in [1.807, 2.05) is 18.2 Å². The summed E-state index contributed by atoms with van der Waals surface area (Å²) >= 11 is 3.42. The van der Waals surface area contributed by atoms with E-state index in [2.05, 4.69) is 21.2 Å². The first-order valence-electron chi connectivity index (χ1n) is 6.45. The molecule has 5 heteroatoms. The normalized spacial score (nSPS) is 12.0. The quantitative estimate of drug-likeness (QED) is 0.883. The SMILES string of the molecule is CNC(c1ccccc1F)c1cc(OC)c(Br)cc1OC. The van der Waals surface area contributed by atoms with E-state index in [9.17, 15) is 4.39 Å². The molecule has 2 aromatic carbocycles. The molecule has 0 spiro atoms. The summed E-state index contributed by atoms with van der Waals surface area (Å²) in [6.07, 6.45) is 0. The number of benzene rings is 2. The number of hydrogen-bond donors (Lipinski definition) is 1. The van der Waals surface area contributed by atoms with Gasteiger partial charge in [0.1, 0.15) is 17.3 Å². The molecule has 0 aromatic heterocycles. The third-order valence-corrected chi connectivity index (χ3v) is 3.94. The van der Waals surface area contributed by atoms with Crippen molar-refractivity contribution in [1.82, 2.24) is 5.32 Å². The zero-order valence-electron chi connectivity index (χ0n) is 12.1. The lowest BCUT2D eigenvalue weighted by molar-refractivity contribution is 0.392. The van der Waals surface area contributed by atoms with E-state index in [-0.39, 0.29) is 11.9 Å². The Balaban J connectivity index is 2.59. The topological polar surface area (TPSA) is 30.5 Å². The van der Waals surface area contributed by atoms with E-state index >= 15 is 0 Å². The molecule has 112 valence electrons. The predicted octanol–water partition coefficient (Wildman–Crippen LogP) is 3.91. The molecular formula is C16H17BrFNO2. The van der Waals surface area contributed by atoms with Crippen LogP contribution in [0.3, 0.4) is 0 Å². The standard InChI is InChI=1S/C16H17BrFNO2/c1-19-16(10-6-4-5-7-13(10)18)11-8-15(21-3)12(17)9-14(11)20-2/h4-9,16,19H,1-3H3. The third-order valence-electron chi connectivity index (χ3n) is 3.32. The Labute approximate surface area is 132 Å². The molecule has 2 aromatic rings. The Morgan fingerprint density at radius 2 is 1.71 bits per heavy atom. The van der Waals surface area contributed by atoms with Crippen molar-refractivity contribution in [2.75, 3.05) is 21.3 Å². The maximum Gasteiger partial charge on any atom is 0.133 e. The Morgan fingerprint density at radius 1 is 1.05 bits per heavy atom. The second-order valence-corrected chi connectivity index (χ2v) is 5.33. The van der Waals surface area contributed by atoms with Crippen LogP contribution in [0, 0.1) is 5.82 Å². The highest BCUT2D eigenvalue weighted by atomic mass is 79.9. The number of ether oxygens (including phenoxy) is 2. The molecule has 1 atom stereocenters. The van der Waals surface area contributed by atoms with Crippen molar-refractivity contribution in [3.63, 3.8) is 0 Å². The summed E-state index contributed by atoms with van der Waals surface area (Å²) in [5.74, 6) is 1.06. The number of hydrogen-bond acceptors (Lipinski definition) is 3. The van der Waals surface area contributed by atoms with Crippen molar-refractivity contribution in [2.45, 2.75) is 6.04 Å². The van der Waals surface area contributed by atoms with Crippen molar-refractivity contribution >= 4 is 15.9 Å². The van der Waals surface area contributed by atoms with Crippen molar-refractivity contribution in [3.05, 3.63) is 57.8 Å². The number of halogens is 2. The highest BCUT2D eigenvalue weighted by molar-refractivity contribution is 9.10. The molecule has 0 amide bonds. The van der Waals surface area contributed by atoms with E-state index in [4.69, 9.17) is 9.47 Å². The van der Waals surface area contributed by atoms with Crippen LogP contribution in [0.5, 0.6) is 11.5 Å². The van der Waals surface area contributed by atoms with Gasteiger partial charge in [-0.1, -0.05) is 18.2 Å². The van der Waals surface area contributed by atoms with E-state index in [0.29, 0.717) is 17.1 Å². The number of methoxy groups -OCH3 is 2. The van der Waals surface area contributed by atoms with Crippen LogP contribution < -0.4 is 14.8 Å². The molecule has 0 saturated heterocycles. The second-order valence-electron chi connectivity index (χ2n) is 4.47. The smallest absolute Gasteiger partial charge is 0.133 e. The fraction of sp³-hybridized carbons (Fsp3) is 0.250. The van der Waals surface area contributed by atoms with Crippen molar-refractivity contribution in [2.24, 2.45) is 0 Å². The Kier molecular flexibility index (Phi) is 5.20. The molecule has 0 bridgehead atoms. The predicted molar refractivity (Wildman–Crippen MR) is 84.5 cm³/mol. The first-order chi connectivity index (χ1) is 10.1. The minimum absolute atomic E-state index is 0.263. The minimum Gasteiger partial charge on any atom is -0.496 e. The minimum atomic E-state index is -0.330. The van der Waals surface area contributed by atoms with Crippen LogP contribution in [0.2, 0.25) is 0 Å². The van der Waals surface area contributed by atoms with E-state index < -0.39 is 0 Å². The van der Waals surface area contributed by atoms with Crippen LogP contribution in [-0.2, 0) is 0 Å². The molecule has 0 saturated carbocycles. The highest BCUT2D eigenvalue weighted by Gasteiger charge is 2.21. The molecule has 0 heterocycles. The monoisotopic (exact) mass is 353 g/mol. The van der Waals surface area contributed by atoms with Gasteiger partial charge in [0.05, 0.1) is 24.7 Å². The molecule has 0 fully saturated rings. The summed E-state index contributed by atoms with van der Waals surface area (Å²) in [5.41, 5.74) is 1.37. The van der Waals surface area contributed by atoms with Crippen molar-refractivity contribution < 1.29 is 13.9 Å². The van der Waals surface area contributed by atoms with Gasteiger partial charge in [-0.25, -0.2) is 4.39 Å². The lowest BCUT2D eigenvalue weighted by Gasteiger charge is -2.21. The Hall–Kier alpha value is -1.59. The van der Waals surface area contributed by atoms with Gasteiger partial charge < -0.3 is 14.8 Å². The van der Waals surface area contributed by atoms with E-state index in [0.717, 1.165) is 10.0 Å². The van der Waals surface area contributed by atoms with Gasteiger partial charge in [-0.05, 0) is 41.2 Å². The summed E-state index contributed by atoms with van der Waals surface area (Å²) < 4.78 is 25.6. The van der Waals surface area contributed by atoms with Gasteiger partial charge in [0.2, 0.25) is 0 Å². The molecule has 0 aliphatic carbocycles. The number of rotatable bonds is 5.